The van der Waals surface area contributed by atoms with E-state index in [2.05, 4.69) is 6.58 Å². The molecule has 2 aliphatic rings. The molecule has 3 aromatic rings. The summed E-state index contributed by atoms with van der Waals surface area (Å²) in [5.41, 5.74) is 4.07. The predicted octanol–water partition coefficient (Wildman–Crippen LogP) is 6.04. The Morgan fingerprint density at radius 1 is 1.09 bits per heavy atom. The van der Waals surface area contributed by atoms with E-state index in [0.29, 0.717) is 46.6 Å². The first-order chi connectivity index (χ1) is 15.6. The lowest BCUT2D eigenvalue weighted by Crippen LogP contribution is -2.12. The Morgan fingerprint density at radius 2 is 1.94 bits per heavy atom. The standard InChI is InChI=1S/C26H19ClO5/c1-2-16-3-5-17(6-4-16)13-30-21-7-8-22-23(12-21)32-24(25(22)28)11-18-9-20(27)10-19-14-29-15-31-26(18)19/h2-12H,1,13-15H2/b24-11-. The van der Waals surface area contributed by atoms with Crippen LogP contribution in [0.2, 0.25) is 5.02 Å². The van der Waals surface area contributed by atoms with Crippen LogP contribution in [0.4, 0.5) is 0 Å². The molecule has 5 rings (SSSR count). The highest BCUT2D eigenvalue weighted by Gasteiger charge is 2.28. The molecule has 5 nitrogen and oxygen atoms in total. The van der Waals surface area contributed by atoms with E-state index < -0.39 is 0 Å². The van der Waals surface area contributed by atoms with Crippen LogP contribution in [0.25, 0.3) is 12.2 Å². The predicted molar refractivity (Wildman–Crippen MR) is 122 cm³/mol. The third-order valence-electron chi connectivity index (χ3n) is 5.25. The Bertz CT molecular complexity index is 1240. The molecule has 160 valence electrons. The Balaban J connectivity index is 1.36. The summed E-state index contributed by atoms with van der Waals surface area (Å²) in [6.07, 6.45) is 3.45. The summed E-state index contributed by atoms with van der Waals surface area (Å²) >= 11 is 6.23. The maximum Gasteiger partial charge on any atom is 0.231 e. The number of benzene rings is 3. The molecule has 3 aromatic carbocycles. The minimum atomic E-state index is -0.202. The smallest absolute Gasteiger partial charge is 0.231 e. The molecule has 0 radical (unpaired) electrons. The van der Waals surface area contributed by atoms with Gasteiger partial charge in [0.15, 0.2) is 12.6 Å². The molecule has 0 atom stereocenters. The number of ketones is 1. The summed E-state index contributed by atoms with van der Waals surface area (Å²) < 4.78 is 22.7. The molecule has 0 saturated carbocycles. The number of halogens is 1. The number of allylic oxidation sites excluding steroid dienone is 1. The first kappa shape index (κ1) is 20.4. The van der Waals surface area contributed by atoms with Crippen molar-refractivity contribution in [2.45, 2.75) is 13.2 Å². The normalized spacial score (nSPS) is 15.5. The van der Waals surface area contributed by atoms with Gasteiger partial charge in [0.05, 0.1) is 12.2 Å². The number of carbonyl (C=O) groups is 1. The summed E-state index contributed by atoms with van der Waals surface area (Å²) in [6.45, 7) is 4.71. The van der Waals surface area contributed by atoms with Gasteiger partial charge in [-0.3, -0.25) is 4.79 Å². The summed E-state index contributed by atoms with van der Waals surface area (Å²) in [6, 6.07) is 16.7. The van der Waals surface area contributed by atoms with Gasteiger partial charge in [0.25, 0.3) is 0 Å². The van der Waals surface area contributed by atoms with Gasteiger partial charge in [-0.05, 0) is 41.5 Å². The molecule has 6 heteroatoms. The highest BCUT2D eigenvalue weighted by atomic mass is 35.5. The van der Waals surface area contributed by atoms with Gasteiger partial charge in [-0.25, -0.2) is 0 Å². The van der Waals surface area contributed by atoms with E-state index in [-0.39, 0.29) is 18.3 Å². The Morgan fingerprint density at radius 3 is 2.75 bits per heavy atom. The first-order valence-corrected chi connectivity index (χ1v) is 10.4. The molecule has 0 saturated heterocycles. The molecule has 0 unspecified atom stereocenters. The number of rotatable bonds is 5. The van der Waals surface area contributed by atoms with E-state index >= 15 is 0 Å². The van der Waals surface area contributed by atoms with E-state index in [1.54, 1.807) is 42.5 Å². The van der Waals surface area contributed by atoms with Crippen LogP contribution >= 0.6 is 11.6 Å². The van der Waals surface area contributed by atoms with E-state index in [0.717, 1.165) is 16.7 Å². The molecular formula is C26H19ClO5. The van der Waals surface area contributed by atoms with Crippen LogP contribution in [0.15, 0.2) is 66.9 Å². The SMILES string of the molecule is C=Cc1ccc(COc2ccc3c(c2)O/C(=C\c2cc(Cl)cc4c2OCOC4)C3=O)cc1. The van der Waals surface area contributed by atoms with Gasteiger partial charge in [-0.2, -0.15) is 0 Å². The van der Waals surface area contributed by atoms with Crippen molar-refractivity contribution in [2.75, 3.05) is 6.79 Å². The quantitative estimate of drug-likeness (QED) is 0.447. The monoisotopic (exact) mass is 446 g/mol. The molecule has 0 spiro atoms. The Hall–Kier alpha value is -3.54. The maximum absolute atomic E-state index is 12.9. The van der Waals surface area contributed by atoms with E-state index in [4.69, 9.17) is 30.5 Å². The van der Waals surface area contributed by atoms with Gasteiger partial charge in [0.2, 0.25) is 5.78 Å². The van der Waals surface area contributed by atoms with E-state index in [1.165, 1.54) is 0 Å². The van der Waals surface area contributed by atoms with Gasteiger partial charge in [0.1, 0.15) is 23.9 Å². The van der Waals surface area contributed by atoms with Gasteiger partial charge >= 0.3 is 0 Å². The molecule has 0 amide bonds. The van der Waals surface area contributed by atoms with Crippen LogP contribution < -0.4 is 14.2 Å². The third kappa shape index (κ3) is 4.00. The number of hydrogen-bond donors (Lipinski definition) is 0. The molecule has 0 fully saturated rings. The zero-order chi connectivity index (χ0) is 22.1. The minimum absolute atomic E-state index is 0.150. The fraction of sp³-hybridized carbons (Fsp3) is 0.115. The zero-order valence-electron chi connectivity index (χ0n) is 17.1. The fourth-order valence-electron chi connectivity index (χ4n) is 3.63. The summed E-state index contributed by atoms with van der Waals surface area (Å²) in [5.74, 6) is 1.73. The van der Waals surface area contributed by atoms with Gasteiger partial charge in [-0.1, -0.05) is 48.5 Å². The molecule has 2 heterocycles. The lowest BCUT2D eigenvalue weighted by Gasteiger charge is -2.20. The van der Waals surface area contributed by atoms with E-state index in [1.807, 2.05) is 24.3 Å². The number of hydrogen-bond acceptors (Lipinski definition) is 5. The lowest BCUT2D eigenvalue weighted by molar-refractivity contribution is -0.0165. The van der Waals surface area contributed by atoms with Crippen LogP contribution in [-0.2, 0) is 18.0 Å². The van der Waals surface area contributed by atoms with Crippen molar-refractivity contribution in [3.05, 3.63) is 99.8 Å². The van der Waals surface area contributed by atoms with Crippen LogP contribution in [-0.4, -0.2) is 12.6 Å². The van der Waals surface area contributed by atoms with Crippen molar-refractivity contribution >= 4 is 29.5 Å². The number of carbonyl (C=O) groups excluding carboxylic acids is 1. The van der Waals surface area contributed by atoms with Crippen molar-refractivity contribution in [3.63, 3.8) is 0 Å². The fourth-order valence-corrected chi connectivity index (χ4v) is 3.88. The summed E-state index contributed by atoms with van der Waals surface area (Å²) in [7, 11) is 0. The lowest BCUT2D eigenvalue weighted by atomic mass is 10.1. The minimum Gasteiger partial charge on any atom is -0.489 e. The topological polar surface area (TPSA) is 54.0 Å². The third-order valence-corrected chi connectivity index (χ3v) is 5.47. The van der Waals surface area contributed by atoms with E-state index in [9.17, 15) is 4.79 Å². The van der Waals surface area contributed by atoms with Crippen molar-refractivity contribution in [3.8, 4) is 17.2 Å². The Kier molecular flexibility index (Phi) is 5.43. The van der Waals surface area contributed by atoms with Crippen molar-refractivity contribution in [1.29, 1.82) is 0 Å². The molecule has 0 aromatic heterocycles. The average Bonchev–Trinajstić information content (AvgIpc) is 3.12. The second-order valence-corrected chi connectivity index (χ2v) is 7.86. The highest BCUT2D eigenvalue weighted by Crippen LogP contribution is 2.38. The van der Waals surface area contributed by atoms with Crippen molar-refractivity contribution < 1.29 is 23.7 Å². The number of ether oxygens (including phenoxy) is 4. The summed E-state index contributed by atoms with van der Waals surface area (Å²) in [5, 5.41) is 0.532. The summed E-state index contributed by atoms with van der Waals surface area (Å²) in [4.78, 5) is 12.9. The number of fused-ring (bicyclic) bond motifs is 2. The molecule has 2 aliphatic heterocycles. The molecule has 32 heavy (non-hydrogen) atoms. The Labute approximate surface area is 190 Å². The average molecular weight is 447 g/mol. The molecular weight excluding hydrogens is 428 g/mol. The first-order valence-electron chi connectivity index (χ1n) is 10.1. The number of Topliss-reactive ketones (excluding diaryl/α,β-unsaturated/α-hetero) is 1. The van der Waals surface area contributed by atoms with Crippen LogP contribution in [0.1, 0.15) is 32.6 Å². The second kappa shape index (κ2) is 8.54. The molecule has 0 N–H and O–H groups in total. The highest BCUT2D eigenvalue weighted by molar-refractivity contribution is 6.31. The van der Waals surface area contributed by atoms with Crippen LogP contribution in [0.3, 0.4) is 0 Å². The largest absolute Gasteiger partial charge is 0.489 e. The molecule has 0 bridgehead atoms. The zero-order valence-corrected chi connectivity index (χ0v) is 17.9. The maximum atomic E-state index is 12.9. The molecule has 0 aliphatic carbocycles. The van der Waals surface area contributed by atoms with Gasteiger partial charge < -0.3 is 18.9 Å². The van der Waals surface area contributed by atoms with Crippen LogP contribution in [0.5, 0.6) is 17.2 Å². The van der Waals surface area contributed by atoms with Gasteiger partial charge in [0, 0.05) is 22.2 Å². The van der Waals surface area contributed by atoms with Gasteiger partial charge in [-0.15, -0.1) is 0 Å². The van der Waals surface area contributed by atoms with Crippen molar-refractivity contribution in [1.82, 2.24) is 0 Å². The second-order valence-electron chi connectivity index (χ2n) is 7.43. The van der Waals surface area contributed by atoms with Crippen LogP contribution in [0, 0.1) is 0 Å². The van der Waals surface area contributed by atoms with Crippen molar-refractivity contribution in [2.24, 2.45) is 0 Å².